The van der Waals surface area contributed by atoms with Crippen LogP contribution in [0.15, 0.2) is 0 Å². The molecule has 0 N–H and O–H groups in total. The normalized spacial score (nSPS) is 10.0. The molecule has 41 valence electrons. The minimum atomic E-state index is -6.00. The second-order valence-electron chi connectivity index (χ2n) is 0.495. The summed E-state index contributed by atoms with van der Waals surface area (Å²) in [5.74, 6) is 0. The Labute approximate surface area is 42.5 Å². The molecule has 0 rings (SSSR count). The van der Waals surface area contributed by atoms with Crippen LogP contribution in [0.5, 0.6) is 0 Å². The van der Waals surface area contributed by atoms with Crippen molar-refractivity contribution in [2.45, 2.75) is 0 Å². The summed E-state index contributed by atoms with van der Waals surface area (Å²) in [5.41, 5.74) is 0. The third kappa shape index (κ3) is 507. The zero-order valence-electron chi connectivity index (χ0n) is 2.39. The van der Waals surface area contributed by atoms with Gasteiger partial charge in [0.1, 0.15) is 0 Å². The van der Waals surface area contributed by atoms with Crippen molar-refractivity contribution in [2.75, 3.05) is 0 Å². The summed E-state index contributed by atoms with van der Waals surface area (Å²) in [4.78, 5) is 0. The van der Waals surface area contributed by atoms with E-state index in [4.69, 9.17) is 0 Å². The van der Waals surface area contributed by atoms with Gasteiger partial charge in [0.15, 0.2) is 0 Å². The van der Waals surface area contributed by atoms with Gasteiger partial charge in [0.25, 0.3) is 0 Å². The SMILES string of the molecule is F[B-](F)(F)F.[Cu+2]. The Morgan fingerprint density at radius 2 is 0.833 bits per heavy atom. The molecule has 6 heavy (non-hydrogen) atoms. The maximum absolute atomic E-state index is 9.75. The van der Waals surface area contributed by atoms with Crippen molar-refractivity contribution in [2.24, 2.45) is 0 Å². The van der Waals surface area contributed by atoms with Crippen LogP contribution in [0, 0.1) is 0 Å². The van der Waals surface area contributed by atoms with E-state index in [1.54, 1.807) is 0 Å². The number of rotatable bonds is 0. The molecule has 0 aromatic carbocycles. The van der Waals surface area contributed by atoms with E-state index in [-0.39, 0.29) is 17.1 Å². The average Bonchev–Trinajstić information content (AvgIpc) is 0.722. The van der Waals surface area contributed by atoms with Gasteiger partial charge in [-0.05, 0) is 0 Å². The minimum Gasteiger partial charge on any atom is -0.418 e. The molecule has 0 amide bonds. The Bertz CT molecular complexity index is 23.0. The fraction of sp³-hybridized carbons (Fsp3) is 0. The van der Waals surface area contributed by atoms with Gasteiger partial charge in [-0.1, -0.05) is 0 Å². The van der Waals surface area contributed by atoms with E-state index < -0.39 is 7.25 Å². The van der Waals surface area contributed by atoms with Gasteiger partial charge in [0.05, 0.1) is 0 Å². The molecule has 0 aliphatic rings. The summed E-state index contributed by atoms with van der Waals surface area (Å²) in [6, 6.07) is 0. The number of hydrogen-bond donors (Lipinski definition) is 0. The van der Waals surface area contributed by atoms with Crippen LogP contribution in [-0.2, 0) is 17.1 Å². The molecule has 6 heteroatoms. The Balaban J connectivity index is 0. The van der Waals surface area contributed by atoms with E-state index in [1.807, 2.05) is 0 Å². The first kappa shape index (κ1) is 9.57. The molecule has 1 radical (unpaired) electrons. The van der Waals surface area contributed by atoms with Gasteiger partial charge < -0.3 is 17.3 Å². The Morgan fingerprint density at radius 3 is 0.833 bits per heavy atom. The van der Waals surface area contributed by atoms with E-state index in [1.165, 1.54) is 0 Å². The molecule has 0 unspecified atom stereocenters. The average molecular weight is 150 g/mol. The third-order valence-electron chi connectivity index (χ3n) is 0. The molecule has 0 saturated carbocycles. The summed E-state index contributed by atoms with van der Waals surface area (Å²) in [7, 11) is -6.00. The van der Waals surface area contributed by atoms with Crippen molar-refractivity contribution in [1.82, 2.24) is 0 Å². The predicted molar refractivity (Wildman–Crippen MR) is 10.2 cm³/mol. The molecule has 0 spiro atoms. The van der Waals surface area contributed by atoms with Crippen LogP contribution in [0.2, 0.25) is 0 Å². The Morgan fingerprint density at radius 1 is 0.833 bits per heavy atom. The molecule has 0 nitrogen and oxygen atoms in total. The quantitative estimate of drug-likeness (QED) is 0.361. The molecular weight excluding hydrogens is 150 g/mol. The van der Waals surface area contributed by atoms with Gasteiger partial charge in [-0.3, -0.25) is 0 Å². The van der Waals surface area contributed by atoms with Crippen LogP contribution in [0.3, 0.4) is 0 Å². The fourth-order valence-corrected chi connectivity index (χ4v) is 0. The van der Waals surface area contributed by atoms with Crippen LogP contribution in [0.4, 0.5) is 17.3 Å². The van der Waals surface area contributed by atoms with Gasteiger partial charge in [0, 0.05) is 0 Å². The maximum atomic E-state index is 9.75. The molecule has 0 heterocycles. The molecular formula is BCuF4+. The van der Waals surface area contributed by atoms with E-state index in [9.17, 15) is 17.3 Å². The fourth-order valence-electron chi connectivity index (χ4n) is 0. The molecule has 0 aliphatic heterocycles. The van der Waals surface area contributed by atoms with Crippen LogP contribution in [0.25, 0.3) is 0 Å². The zero-order chi connectivity index (χ0) is 4.50. The molecule has 0 aromatic rings. The van der Waals surface area contributed by atoms with E-state index in [0.29, 0.717) is 0 Å². The van der Waals surface area contributed by atoms with Crippen LogP contribution >= 0.6 is 0 Å². The van der Waals surface area contributed by atoms with Crippen molar-refractivity contribution < 1.29 is 34.3 Å². The van der Waals surface area contributed by atoms with Gasteiger partial charge >= 0.3 is 24.3 Å². The van der Waals surface area contributed by atoms with Crippen molar-refractivity contribution in [3.05, 3.63) is 0 Å². The standard InChI is InChI=1S/BF4.Cu/c2-1(3,4)5;/q-1;+2. The van der Waals surface area contributed by atoms with Gasteiger partial charge in [-0.15, -0.1) is 0 Å². The zero-order valence-corrected chi connectivity index (χ0v) is 3.33. The summed E-state index contributed by atoms with van der Waals surface area (Å²) < 4.78 is 39.0. The van der Waals surface area contributed by atoms with Gasteiger partial charge in [-0.2, -0.15) is 0 Å². The first-order chi connectivity index (χ1) is 2.00. The molecule has 0 saturated heterocycles. The first-order valence-corrected chi connectivity index (χ1v) is 0.873. The summed E-state index contributed by atoms with van der Waals surface area (Å²) in [6.07, 6.45) is 0. The number of halogens is 4. The second kappa shape index (κ2) is 2.47. The second-order valence-corrected chi connectivity index (χ2v) is 0.495. The van der Waals surface area contributed by atoms with E-state index >= 15 is 0 Å². The maximum Gasteiger partial charge on any atom is 2.00 e. The minimum absolute atomic E-state index is 0. The topological polar surface area (TPSA) is 0 Å². The van der Waals surface area contributed by atoms with Crippen molar-refractivity contribution >= 4 is 7.25 Å². The Hall–Kier alpha value is 0.304. The van der Waals surface area contributed by atoms with Crippen LogP contribution < -0.4 is 0 Å². The smallest absolute Gasteiger partial charge is 0.418 e. The molecule has 0 aliphatic carbocycles. The van der Waals surface area contributed by atoms with Crippen molar-refractivity contribution in [3.8, 4) is 0 Å². The summed E-state index contributed by atoms with van der Waals surface area (Å²) in [5, 5.41) is 0. The predicted octanol–water partition coefficient (Wildman–Crippen LogP) is 1.30. The van der Waals surface area contributed by atoms with Gasteiger partial charge in [-0.25, -0.2) is 0 Å². The first-order valence-electron chi connectivity index (χ1n) is 0.873. The largest absolute Gasteiger partial charge is 2.00 e. The van der Waals surface area contributed by atoms with Crippen LogP contribution in [0.1, 0.15) is 0 Å². The monoisotopic (exact) mass is 150 g/mol. The van der Waals surface area contributed by atoms with E-state index in [0.717, 1.165) is 0 Å². The van der Waals surface area contributed by atoms with Crippen LogP contribution in [-0.4, -0.2) is 7.25 Å². The molecule has 0 fully saturated rings. The van der Waals surface area contributed by atoms with E-state index in [2.05, 4.69) is 0 Å². The Kier molecular flexibility index (Phi) is 3.95. The van der Waals surface area contributed by atoms with Crippen molar-refractivity contribution in [3.63, 3.8) is 0 Å². The van der Waals surface area contributed by atoms with Gasteiger partial charge in [0.2, 0.25) is 0 Å². The molecule has 0 bridgehead atoms. The molecule has 0 atom stereocenters. The third-order valence-corrected chi connectivity index (χ3v) is 0. The number of hydrogen-bond acceptors (Lipinski definition) is 0. The van der Waals surface area contributed by atoms with Crippen molar-refractivity contribution in [1.29, 1.82) is 0 Å². The molecule has 0 aromatic heterocycles. The summed E-state index contributed by atoms with van der Waals surface area (Å²) >= 11 is 0. The summed E-state index contributed by atoms with van der Waals surface area (Å²) in [6.45, 7) is 0.